The Labute approximate surface area is 82.3 Å². The lowest BCUT2D eigenvalue weighted by atomic mass is 10.1. The average Bonchev–Trinajstić information content (AvgIpc) is 2.09. The summed E-state index contributed by atoms with van der Waals surface area (Å²) >= 11 is 0. The Kier molecular flexibility index (Phi) is 9.94. The fourth-order valence-electron chi connectivity index (χ4n) is 1.19. The molecule has 0 unspecified atom stereocenters. The van der Waals surface area contributed by atoms with E-state index in [1.807, 2.05) is 0 Å². The van der Waals surface area contributed by atoms with Crippen LogP contribution in [0.1, 0.15) is 46.0 Å². The van der Waals surface area contributed by atoms with Crippen LogP contribution in [-0.2, 0) is 4.74 Å². The second-order valence-corrected chi connectivity index (χ2v) is 3.93. The lowest BCUT2D eigenvalue weighted by Crippen LogP contribution is -1.99. The number of hydrogen-bond donors (Lipinski definition) is 1. The van der Waals surface area contributed by atoms with Gasteiger partial charge < -0.3 is 9.84 Å². The first-order valence-corrected chi connectivity index (χ1v) is 5.46. The van der Waals surface area contributed by atoms with E-state index < -0.39 is 0 Å². The minimum absolute atomic E-state index is 0.313. The zero-order valence-corrected chi connectivity index (χ0v) is 9.09. The van der Waals surface area contributed by atoms with E-state index >= 15 is 0 Å². The maximum absolute atomic E-state index is 8.53. The van der Waals surface area contributed by atoms with Crippen LogP contribution in [0.15, 0.2) is 0 Å². The average molecular weight is 188 g/mol. The molecule has 0 fully saturated rings. The van der Waals surface area contributed by atoms with Crippen molar-refractivity contribution in [2.45, 2.75) is 46.0 Å². The Hall–Kier alpha value is -0.0800. The predicted molar refractivity (Wildman–Crippen MR) is 55.8 cm³/mol. The molecule has 0 aliphatic heterocycles. The summed E-state index contributed by atoms with van der Waals surface area (Å²) in [5, 5.41) is 8.53. The monoisotopic (exact) mass is 188 g/mol. The molecule has 2 heteroatoms. The number of aliphatic hydroxyl groups is 1. The fraction of sp³-hybridized carbons (Fsp3) is 1.00. The first-order chi connectivity index (χ1) is 6.27. The Balaban J connectivity index is 2.84. The summed E-state index contributed by atoms with van der Waals surface area (Å²) in [6.45, 7) is 6.55. The number of aliphatic hydroxyl groups excluding tert-OH is 1. The summed E-state index contributed by atoms with van der Waals surface area (Å²) < 4.78 is 5.45. The van der Waals surface area contributed by atoms with E-state index in [4.69, 9.17) is 9.84 Å². The van der Waals surface area contributed by atoms with E-state index in [0.717, 1.165) is 38.4 Å². The van der Waals surface area contributed by atoms with Crippen molar-refractivity contribution >= 4 is 0 Å². The molecule has 0 aromatic rings. The molecule has 0 radical (unpaired) electrons. The minimum atomic E-state index is 0.313. The van der Waals surface area contributed by atoms with Crippen LogP contribution in [0.5, 0.6) is 0 Å². The molecule has 1 N–H and O–H groups in total. The van der Waals surface area contributed by atoms with Gasteiger partial charge in [-0.25, -0.2) is 0 Å². The van der Waals surface area contributed by atoms with Crippen LogP contribution >= 0.6 is 0 Å². The van der Waals surface area contributed by atoms with E-state index in [1.165, 1.54) is 12.8 Å². The molecule has 0 aromatic carbocycles. The third-order valence-corrected chi connectivity index (χ3v) is 2.02. The molecule has 0 aliphatic rings. The number of ether oxygens (including phenoxy) is 1. The highest BCUT2D eigenvalue weighted by molar-refractivity contribution is 4.45. The molecule has 0 spiro atoms. The van der Waals surface area contributed by atoms with Crippen LogP contribution in [-0.4, -0.2) is 24.9 Å². The maximum Gasteiger partial charge on any atom is 0.0466 e. The first kappa shape index (κ1) is 12.9. The van der Waals surface area contributed by atoms with Gasteiger partial charge >= 0.3 is 0 Å². The molecule has 0 bridgehead atoms. The van der Waals surface area contributed by atoms with Crippen molar-refractivity contribution in [1.82, 2.24) is 0 Å². The van der Waals surface area contributed by atoms with Gasteiger partial charge in [0.25, 0.3) is 0 Å². The Morgan fingerprint density at radius 2 is 1.69 bits per heavy atom. The maximum atomic E-state index is 8.53. The molecule has 0 atom stereocenters. The molecule has 0 amide bonds. The van der Waals surface area contributed by atoms with E-state index in [2.05, 4.69) is 13.8 Å². The molecule has 2 nitrogen and oxygen atoms in total. The van der Waals surface area contributed by atoms with Crippen LogP contribution in [0.3, 0.4) is 0 Å². The predicted octanol–water partition coefficient (Wildman–Crippen LogP) is 2.60. The molecule has 0 aliphatic carbocycles. The largest absolute Gasteiger partial charge is 0.396 e. The number of hydrogen-bond acceptors (Lipinski definition) is 2. The summed E-state index contributed by atoms with van der Waals surface area (Å²) in [6.07, 6.45) is 5.52. The SMILES string of the molecule is CC(C)CCCOCCCCCO. The molecule has 13 heavy (non-hydrogen) atoms. The lowest BCUT2D eigenvalue weighted by molar-refractivity contribution is 0.122. The Morgan fingerprint density at radius 1 is 1.00 bits per heavy atom. The smallest absolute Gasteiger partial charge is 0.0466 e. The van der Waals surface area contributed by atoms with Crippen LogP contribution in [0.2, 0.25) is 0 Å². The molecular formula is C11H24O2. The topological polar surface area (TPSA) is 29.5 Å². The highest BCUT2D eigenvalue weighted by atomic mass is 16.5. The van der Waals surface area contributed by atoms with Gasteiger partial charge in [-0.15, -0.1) is 0 Å². The molecule has 0 rings (SSSR count). The van der Waals surface area contributed by atoms with Gasteiger partial charge in [-0.2, -0.15) is 0 Å². The van der Waals surface area contributed by atoms with E-state index in [0.29, 0.717) is 6.61 Å². The third kappa shape index (κ3) is 11.9. The van der Waals surface area contributed by atoms with Gasteiger partial charge in [-0.1, -0.05) is 13.8 Å². The van der Waals surface area contributed by atoms with Crippen LogP contribution in [0, 0.1) is 5.92 Å². The van der Waals surface area contributed by atoms with Gasteiger partial charge in [0.1, 0.15) is 0 Å². The normalized spacial score (nSPS) is 11.1. The second-order valence-electron chi connectivity index (χ2n) is 3.93. The Morgan fingerprint density at radius 3 is 2.31 bits per heavy atom. The third-order valence-electron chi connectivity index (χ3n) is 2.02. The van der Waals surface area contributed by atoms with Crippen molar-refractivity contribution in [3.05, 3.63) is 0 Å². The summed E-state index contributed by atoms with van der Waals surface area (Å²) in [4.78, 5) is 0. The van der Waals surface area contributed by atoms with Crippen molar-refractivity contribution in [2.24, 2.45) is 5.92 Å². The summed E-state index contributed by atoms with van der Waals surface area (Å²) in [6, 6.07) is 0. The van der Waals surface area contributed by atoms with Crippen molar-refractivity contribution in [3.63, 3.8) is 0 Å². The zero-order chi connectivity index (χ0) is 9.94. The molecular weight excluding hydrogens is 164 g/mol. The van der Waals surface area contributed by atoms with Crippen molar-refractivity contribution < 1.29 is 9.84 Å². The fourth-order valence-corrected chi connectivity index (χ4v) is 1.19. The summed E-state index contributed by atoms with van der Waals surface area (Å²) in [5.74, 6) is 0.790. The van der Waals surface area contributed by atoms with Crippen molar-refractivity contribution in [1.29, 1.82) is 0 Å². The van der Waals surface area contributed by atoms with Gasteiger partial charge in [0, 0.05) is 19.8 Å². The van der Waals surface area contributed by atoms with Gasteiger partial charge in [-0.3, -0.25) is 0 Å². The number of unbranched alkanes of at least 4 members (excludes halogenated alkanes) is 2. The van der Waals surface area contributed by atoms with Crippen molar-refractivity contribution in [2.75, 3.05) is 19.8 Å². The van der Waals surface area contributed by atoms with Gasteiger partial charge in [0.05, 0.1) is 0 Å². The minimum Gasteiger partial charge on any atom is -0.396 e. The van der Waals surface area contributed by atoms with Crippen LogP contribution in [0.4, 0.5) is 0 Å². The van der Waals surface area contributed by atoms with Gasteiger partial charge in [0.2, 0.25) is 0 Å². The Bertz CT molecular complexity index is 92.1. The molecule has 80 valence electrons. The molecule has 0 saturated carbocycles. The van der Waals surface area contributed by atoms with Gasteiger partial charge in [-0.05, 0) is 38.0 Å². The van der Waals surface area contributed by atoms with Crippen LogP contribution < -0.4 is 0 Å². The molecule has 0 aromatic heterocycles. The molecule has 0 heterocycles. The van der Waals surface area contributed by atoms with E-state index in [9.17, 15) is 0 Å². The quantitative estimate of drug-likeness (QED) is 0.564. The summed E-state index contributed by atoms with van der Waals surface area (Å²) in [5.41, 5.74) is 0. The standard InChI is InChI=1S/C11H24O2/c1-11(2)7-6-10-13-9-5-3-4-8-12/h11-12H,3-10H2,1-2H3. The van der Waals surface area contributed by atoms with Crippen molar-refractivity contribution in [3.8, 4) is 0 Å². The highest BCUT2D eigenvalue weighted by Gasteiger charge is 1.94. The summed E-state index contributed by atoms with van der Waals surface area (Å²) in [7, 11) is 0. The van der Waals surface area contributed by atoms with E-state index in [-0.39, 0.29) is 0 Å². The second kappa shape index (κ2) is 10.0. The highest BCUT2D eigenvalue weighted by Crippen LogP contribution is 2.03. The molecule has 0 saturated heterocycles. The number of rotatable bonds is 9. The van der Waals surface area contributed by atoms with E-state index in [1.54, 1.807) is 0 Å². The van der Waals surface area contributed by atoms with Crippen LogP contribution in [0.25, 0.3) is 0 Å². The zero-order valence-electron chi connectivity index (χ0n) is 9.09. The lowest BCUT2D eigenvalue weighted by Gasteiger charge is -2.05. The van der Waals surface area contributed by atoms with Gasteiger partial charge in [0.15, 0.2) is 0 Å². The first-order valence-electron chi connectivity index (χ1n) is 5.46.